The van der Waals surface area contributed by atoms with Gasteiger partial charge in [-0.2, -0.15) is 0 Å². The smallest absolute Gasteiger partial charge is 0.323 e. The van der Waals surface area contributed by atoms with E-state index in [0.717, 1.165) is 37.3 Å². The Morgan fingerprint density at radius 2 is 2.04 bits per heavy atom. The van der Waals surface area contributed by atoms with Crippen molar-refractivity contribution in [2.45, 2.75) is 25.4 Å². The summed E-state index contributed by atoms with van der Waals surface area (Å²) in [7, 11) is 0. The molecule has 0 unspecified atom stereocenters. The summed E-state index contributed by atoms with van der Waals surface area (Å²) >= 11 is 0. The van der Waals surface area contributed by atoms with E-state index in [1.165, 1.54) is 25.0 Å². The third-order valence-corrected chi connectivity index (χ3v) is 4.84. The number of halogens is 1. The van der Waals surface area contributed by atoms with E-state index >= 15 is 0 Å². The molecule has 2 aliphatic rings. The van der Waals surface area contributed by atoms with E-state index in [0.29, 0.717) is 18.9 Å². The molecule has 1 N–H and O–H groups in total. The average Bonchev–Trinajstić information content (AvgIpc) is 3.36. The molecule has 0 radical (unpaired) electrons. The second kappa shape index (κ2) is 7.77. The van der Waals surface area contributed by atoms with E-state index in [1.807, 2.05) is 12.1 Å². The SMILES string of the molecule is O=C(Nc1ccc(F)cn1)N1CC[C@H](Oc2cccnc2N2CCCC2)C1. The van der Waals surface area contributed by atoms with Crippen molar-refractivity contribution in [1.29, 1.82) is 0 Å². The number of rotatable bonds is 4. The summed E-state index contributed by atoms with van der Waals surface area (Å²) in [6, 6.07) is 6.25. The molecule has 142 valence electrons. The molecule has 0 bridgehead atoms. The number of ether oxygens (including phenoxy) is 1. The molecule has 0 aromatic carbocycles. The molecule has 2 amide bonds. The van der Waals surface area contributed by atoms with E-state index in [-0.39, 0.29) is 12.1 Å². The molecule has 8 heteroatoms. The van der Waals surface area contributed by atoms with Crippen molar-refractivity contribution in [3.05, 3.63) is 42.5 Å². The fraction of sp³-hybridized carbons (Fsp3) is 0.421. The number of carbonyl (C=O) groups is 1. The maximum absolute atomic E-state index is 12.9. The first-order valence-electron chi connectivity index (χ1n) is 9.23. The number of carbonyl (C=O) groups excluding carboxylic acids is 1. The number of hydrogen-bond donors (Lipinski definition) is 1. The van der Waals surface area contributed by atoms with Crippen LogP contribution in [0.15, 0.2) is 36.7 Å². The molecular formula is C19H22FN5O2. The lowest BCUT2D eigenvalue weighted by atomic mass is 10.3. The predicted molar refractivity (Wildman–Crippen MR) is 99.5 cm³/mol. The maximum Gasteiger partial charge on any atom is 0.323 e. The first-order valence-corrected chi connectivity index (χ1v) is 9.23. The van der Waals surface area contributed by atoms with Gasteiger partial charge in [0.2, 0.25) is 0 Å². The summed E-state index contributed by atoms with van der Waals surface area (Å²) in [6.07, 6.45) is 5.87. The van der Waals surface area contributed by atoms with E-state index in [4.69, 9.17) is 4.74 Å². The summed E-state index contributed by atoms with van der Waals surface area (Å²) in [5.74, 6) is 1.54. The fourth-order valence-corrected chi connectivity index (χ4v) is 3.47. The van der Waals surface area contributed by atoms with Gasteiger partial charge in [0.25, 0.3) is 0 Å². The van der Waals surface area contributed by atoms with Crippen LogP contribution >= 0.6 is 0 Å². The van der Waals surface area contributed by atoms with Gasteiger partial charge in [-0.25, -0.2) is 19.2 Å². The number of aromatic nitrogens is 2. The monoisotopic (exact) mass is 371 g/mol. The first-order chi connectivity index (χ1) is 13.2. The van der Waals surface area contributed by atoms with E-state index < -0.39 is 5.82 Å². The molecule has 4 rings (SSSR count). The number of anilines is 2. The number of urea groups is 1. The minimum atomic E-state index is -0.437. The number of nitrogens with one attached hydrogen (secondary N) is 1. The Labute approximate surface area is 157 Å². The Morgan fingerprint density at radius 3 is 2.81 bits per heavy atom. The van der Waals surface area contributed by atoms with Gasteiger partial charge in [0, 0.05) is 32.3 Å². The van der Waals surface area contributed by atoms with Crippen LogP contribution in [0.5, 0.6) is 5.75 Å². The van der Waals surface area contributed by atoms with Gasteiger partial charge in [-0.3, -0.25) is 5.32 Å². The average molecular weight is 371 g/mol. The highest BCUT2D eigenvalue weighted by atomic mass is 19.1. The summed E-state index contributed by atoms with van der Waals surface area (Å²) in [5.41, 5.74) is 0. The molecule has 27 heavy (non-hydrogen) atoms. The Bertz CT molecular complexity index is 795. The molecule has 2 aromatic rings. The molecule has 0 spiro atoms. The molecule has 2 aromatic heterocycles. The molecule has 0 saturated carbocycles. The van der Waals surface area contributed by atoms with E-state index in [9.17, 15) is 9.18 Å². The van der Waals surface area contributed by atoms with Gasteiger partial charge in [0.05, 0.1) is 12.7 Å². The van der Waals surface area contributed by atoms with Crippen LogP contribution in [0.1, 0.15) is 19.3 Å². The van der Waals surface area contributed by atoms with Crippen LogP contribution in [0.3, 0.4) is 0 Å². The predicted octanol–water partition coefficient (Wildman–Crippen LogP) is 2.90. The molecule has 0 aliphatic carbocycles. The summed E-state index contributed by atoms with van der Waals surface area (Å²) in [6.45, 7) is 3.08. The van der Waals surface area contributed by atoms with E-state index in [2.05, 4.69) is 20.2 Å². The zero-order valence-corrected chi connectivity index (χ0v) is 15.0. The van der Waals surface area contributed by atoms with Gasteiger partial charge < -0.3 is 14.5 Å². The van der Waals surface area contributed by atoms with Crippen molar-refractivity contribution in [3.8, 4) is 5.75 Å². The topological polar surface area (TPSA) is 70.6 Å². The number of likely N-dealkylation sites (tertiary alicyclic amines) is 1. The molecule has 2 fully saturated rings. The zero-order valence-electron chi connectivity index (χ0n) is 15.0. The van der Waals surface area contributed by atoms with Crippen molar-refractivity contribution in [2.75, 3.05) is 36.4 Å². The molecule has 4 heterocycles. The Kier molecular flexibility index (Phi) is 5.04. The Balaban J connectivity index is 1.36. The number of amides is 2. The van der Waals surface area contributed by atoms with Crippen molar-refractivity contribution in [1.82, 2.24) is 14.9 Å². The van der Waals surface area contributed by atoms with Crippen molar-refractivity contribution in [2.24, 2.45) is 0 Å². The lowest BCUT2D eigenvalue weighted by molar-refractivity contribution is 0.194. The largest absolute Gasteiger partial charge is 0.485 e. The quantitative estimate of drug-likeness (QED) is 0.895. The van der Waals surface area contributed by atoms with Crippen molar-refractivity contribution in [3.63, 3.8) is 0 Å². The van der Waals surface area contributed by atoms with Gasteiger partial charge in [-0.05, 0) is 37.1 Å². The molecule has 7 nitrogen and oxygen atoms in total. The summed E-state index contributed by atoms with van der Waals surface area (Å²) < 4.78 is 19.1. The van der Waals surface area contributed by atoms with Crippen LogP contribution in [-0.4, -0.2) is 53.2 Å². The summed E-state index contributed by atoms with van der Waals surface area (Å²) in [4.78, 5) is 24.6. The van der Waals surface area contributed by atoms with Crippen molar-refractivity contribution >= 4 is 17.7 Å². The highest BCUT2D eigenvalue weighted by Crippen LogP contribution is 2.30. The van der Waals surface area contributed by atoms with Crippen LogP contribution in [0.2, 0.25) is 0 Å². The van der Waals surface area contributed by atoms with E-state index in [1.54, 1.807) is 11.1 Å². The van der Waals surface area contributed by atoms with Crippen LogP contribution in [0.4, 0.5) is 20.8 Å². The third kappa shape index (κ3) is 4.10. The van der Waals surface area contributed by atoms with Crippen LogP contribution < -0.4 is 15.0 Å². The van der Waals surface area contributed by atoms with Crippen LogP contribution in [0.25, 0.3) is 0 Å². The molecule has 2 aliphatic heterocycles. The minimum Gasteiger partial charge on any atom is -0.485 e. The van der Waals surface area contributed by atoms with Gasteiger partial charge in [-0.1, -0.05) is 0 Å². The standard InChI is InChI=1S/C19H22FN5O2/c20-14-5-6-17(22-12-14)23-19(26)25-11-7-15(13-25)27-16-4-3-8-21-18(16)24-9-1-2-10-24/h3-6,8,12,15H,1-2,7,9-11,13H2,(H,22,23,26)/t15-/m0/s1. The zero-order chi connectivity index (χ0) is 18.6. The summed E-state index contributed by atoms with van der Waals surface area (Å²) in [5, 5.41) is 2.68. The van der Waals surface area contributed by atoms with Crippen LogP contribution in [0, 0.1) is 5.82 Å². The normalized spacial score (nSPS) is 19.4. The molecule has 1 atom stereocenters. The third-order valence-electron chi connectivity index (χ3n) is 4.84. The van der Waals surface area contributed by atoms with Gasteiger partial charge in [0.15, 0.2) is 11.6 Å². The highest BCUT2D eigenvalue weighted by Gasteiger charge is 2.29. The number of nitrogens with zero attached hydrogens (tertiary/aromatic N) is 4. The number of hydrogen-bond acceptors (Lipinski definition) is 5. The minimum absolute atomic E-state index is 0.0810. The first kappa shape index (κ1) is 17.5. The highest BCUT2D eigenvalue weighted by molar-refractivity contribution is 5.88. The lowest BCUT2D eigenvalue weighted by Crippen LogP contribution is -2.34. The van der Waals surface area contributed by atoms with Gasteiger partial charge in [0.1, 0.15) is 17.7 Å². The Morgan fingerprint density at radius 1 is 1.19 bits per heavy atom. The lowest BCUT2D eigenvalue weighted by Gasteiger charge is -2.22. The second-order valence-electron chi connectivity index (χ2n) is 6.79. The molecular weight excluding hydrogens is 349 g/mol. The van der Waals surface area contributed by atoms with Crippen LogP contribution in [-0.2, 0) is 0 Å². The fourth-order valence-electron chi connectivity index (χ4n) is 3.47. The maximum atomic E-state index is 12.9. The van der Waals surface area contributed by atoms with Crippen molar-refractivity contribution < 1.29 is 13.9 Å². The number of pyridine rings is 2. The Hall–Kier alpha value is -2.90. The van der Waals surface area contributed by atoms with Gasteiger partial charge in [-0.15, -0.1) is 0 Å². The second-order valence-corrected chi connectivity index (χ2v) is 6.79. The van der Waals surface area contributed by atoms with Gasteiger partial charge >= 0.3 is 6.03 Å². The molecule has 2 saturated heterocycles.